The van der Waals surface area contributed by atoms with E-state index in [2.05, 4.69) is 28.1 Å². The first kappa shape index (κ1) is 8.99. The lowest BCUT2D eigenvalue weighted by atomic mass is 10.2. The molecule has 1 heterocycles. The summed E-state index contributed by atoms with van der Waals surface area (Å²) in [6, 6.07) is 0. The summed E-state index contributed by atoms with van der Waals surface area (Å²) in [6.07, 6.45) is 0. The van der Waals surface area contributed by atoms with Gasteiger partial charge in [0.15, 0.2) is 5.69 Å². The number of hydrogen-bond donors (Lipinski definition) is 0. The van der Waals surface area contributed by atoms with E-state index in [-0.39, 0.29) is 17.1 Å². The highest BCUT2D eigenvalue weighted by Crippen LogP contribution is 2.28. The van der Waals surface area contributed by atoms with Gasteiger partial charge in [-0.1, -0.05) is 13.2 Å². The predicted molar refractivity (Wildman–Crippen MR) is 46.7 cm³/mol. The molecular weight excluding hydrogens is 179 g/mol. The van der Waals surface area contributed by atoms with E-state index in [0.717, 1.165) is 0 Å². The van der Waals surface area contributed by atoms with Gasteiger partial charge in [0.05, 0.1) is 17.1 Å². The van der Waals surface area contributed by atoms with Crippen molar-refractivity contribution in [1.82, 2.24) is 10.3 Å². The molecule has 0 amide bonds. The average Bonchev–Trinajstić information content (AvgIpc) is 2.50. The van der Waals surface area contributed by atoms with Gasteiger partial charge in [0.1, 0.15) is 5.69 Å². The maximum Gasteiger partial charge on any atom is 0.151 e. The standard InChI is InChI=1S/C7H7FN2OS/c1-4(2)6-7(5(3)12-8)10-11-9-6/h1,3H2,2H3. The van der Waals surface area contributed by atoms with Crippen molar-refractivity contribution >= 4 is 22.6 Å². The van der Waals surface area contributed by atoms with E-state index in [1.54, 1.807) is 6.92 Å². The Kier molecular flexibility index (Phi) is 2.65. The van der Waals surface area contributed by atoms with Crippen molar-refractivity contribution < 1.29 is 8.51 Å². The number of aromatic nitrogens is 2. The molecule has 0 aliphatic rings. The fourth-order valence-corrected chi connectivity index (χ4v) is 0.895. The van der Waals surface area contributed by atoms with E-state index < -0.39 is 0 Å². The molecule has 0 bridgehead atoms. The normalized spacial score (nSPS) is 9.83. The van der Waals surface area contributed by atoms with Crippen LogP contribution in [0.5, 0.6) is 0 Å². The minimum Gasteiger partial charge on any atom is -0.243 e. The maximum absolute atomic E-state index is 12.1. The van der Waals surface area contributed by atoms with Crippen LogP contribution in [-0.2, 0) is 0 Å². The number of halogens is 1. The van der Waals surface area contributed by atoms with E-state index in [9.17, 15) is 3.89 Å². The summed E-state index contributed by atoms with van der Waals surface area (Å²) in [5, 5.41) is 7.06. The van der Waals surface area contributed by atoms with E-state index in [1.165, 1.54) is 0 Å². The summed E-state index contributed by atoms with van der Waals surface area (Å²) >= 11 is 0.0160. The third-order valence-electron chi connectivity index (χ3n) is 1.25. The fraction of sp³-hybridized carbons (Fsp3) is 0.143. The lowest BCUT2D eigenvalue weighted by molar-refractivity contribution is 0.305. The Bertz CT molecular complexity index is 321. The van der Waals surface area contributed by atoms with Crippen LogP contribution in [0.4, 0.5) is 3.89 Å². The Morgan fingerprint density at radius 3 is 2.50 bits per heavy atom. The van der Waals surface area contributed by atoms with E-state index in [0.29, 0.717) is 17.0 Å². The van der Waals surface area contributed by atoms with Gasteiger partial charge in [-0.2, -0.15) is 3.89 Å². The Morgan fingerprint density at radius 1 is 1.42 bits per heavy atom. The molecule has 0 saturated carbocycles. The molecular formula is C7H7FN2OS. The molecule has 5 heteroatoms. The molecule has 1 aromatic heterocycles. The molecule has 3 nitrogen and oxygen atoms in total. The van der Waals surface area contributed by atoms with Gasteiger partial charge in [-0.25, -0.2) is 4.63 Å². The molecule has 0 spiro atoms. The van der Waals surface area contributed by atoms with Gasteiger partial charge in [-0.05, 0) is 22.8 Å². The summed E-state index contributed by atoms with van der Waals surface area (Å²) in [7, 11) is 0. The smallest absolute Gasteiger partial charge is 0.151 e. The maximum atomic E-state index is 12.1. The van der Waals surface area contributed by atoms with Crippen LogP contribution in [-0.4, -0.2) is 10.3 Å². The Labute approximate surface area is 73.6 Å². The summed E-state index contributed by atoms with van der Waals surface area (Å²) in [4.78, 5) is 0.175. The molecule has 1 aromatic rings. The monoisotopic (exact) mass is 186 g/mol. The molecule has 0 saturated heterocycles. The molecule has 0 radical (unpaired) electrons. The summed E-state index contributed by atoms with van der Waals surface area (Å²) < 4.78 is 16.5. The van der Waals surface area contributed by atoms with Crippen LogP contribution < -0.4 is 0 Å². The van der Waals surface area contributed by atoms with Crippen molar-refractivity contribution in [3.8, 4) is 0 Å². The van der Waals surface area contributed by atoms with Crippen LogP contribution in [0.3, 0.4) is 0 Å². The second-order valence-electron chi connectivity index (χ2n) is 2.24. The Hall–Kier alpha value is -1.10. The highest BCUT2D eigenvalue weighted by Gasteiger charge is 2.13. The topological polar surface area (TPSA) is 38.9 Å². The van der Waals surface area contributed by atoms with Crippen LogP contribution >= 0.6 is 12.1 Å². The zero-order chi connectivity index (χ0) is 9.14. The van der Waals surface area contributed by atoms with Gasteiger partial charge < -0.3 is 0 Å². The lowest BCUT2D eigenvalue weighted by Crippen LogP contribution is -1.85. The third kappa shape index (κ3) is 1.55. The molecule has 64 valence electrons. The molecule has 0 aliphatic heterocycles. The van der Waals surface area contributed by atoms with Crippen LogP contribution in [0.1, 0.15) is 18.3 Å². The first-order valence-corrected chi connectivity index (χ1v) is 3.84. The van der Waals surface area contributed by atoms with E-state index in [4.69, 9.17) is 0 Å². The third-order valence-corrected chi connectivity index (χ3v) is 1.63. The van der Waals surface area contributed by atoms with Crippen LogP contribution in [0.15, 0.2) is 17.8 Å². The first-order valence-electron chi connectivity index (χ1n) is 3.13. The van der Waals surface area contributed by atoms with Gasteiger partial charge in [-0.15, -0.1) is 0 Å². The predicted octanol–water partition coefficient (Wildman–Crippen LogP) is 2.69. The minimum atomic E-state index is 0.0160. The molecule has 12 heavy (non-hydrogen) atoms. The number of allylic oxidation sites excluding steroid dienone is 1. The molecule has 0 atom stereocenters. The van der Waals surface area contributed by atoms with Gasteiger partial charge in [-0.3, -0.25) is 0 Å². The Morgan fingerprint density at radius 2 is 2.00 bits per heavy atom. The highest BCUT2D eigenvalue weighted by molar-refractivity contribution is 8.03. The van der Waals surface area contributed by atoms with Crippen LogP contribution in [0.25, 0.3) is 10.5 Å². The SMILES string of the molecule is C=C(C)c1nonc1C(=C)SF. The van der Waals surface area contributed by atoms with Crippen molar-refractivity contribution in [3.63, 3.8) is 0 Å². The molecule has 0 aromatic carbocycles. The summed E-state index contributed by atoms with van der Waals surface area (Å²) in [5.74, 6) is 0. The number of hydrogen-bond acceptors (Lipinski definition) is 4. The van der Waals surface area contributed by atoms with Gasteiger partial charge in [0.2, 0.25) is 0 Å². The van der Waals surface area contributed by atoms with Crippen LogP contribution in [0.2, 0.25) is 0 Å². The lowest BCUT2D eigenvalue weighted by Gasteiger charge is -1.94. The zero-order valence-corrected chi connectivity index (χ0v) is 7.32. The molecule has 0 unspecified atom stereocenters. The second kappa shape index (κ2) is 3.53. The second-order valence-corrected chi connectivity index (χ2v) is 2.89. The van der Waals surface area contributed by atoms with Crippen molar-refractivity contribution in [2.24, 2.45) is 0 Å². The molecule has 1 rings (SSSR count). The van der Waals surface area contributed by atoms with E-state index in [1.807, 2.05) is 0 Å². The van der Waals surface area contributed by atoms with Crippen molar-refractivity contribution in [3.05, 3.63) is 24.5 Å². The highest BCUT2D eigenvalue weighted by atomic mass is 32.2. The minimum absolute atomic E-state index is 0.0160. The van der Waals surface area contributed by atoms with Crippen LogP contribution in [0, 0.1) is 0 Å². The Balaban J connectivity index is 3.07. The van der Waals surface area contributed by atoms with Gasteiger partial charge >= 0.3 is 0 Å². The number of nitrogens with zero attached hydrogens (tertiary/aromatic N) is 2. The van der Waals surface area contributed by atoms with Gasteiger partial charge in [0.25, 0.3) is 0 Å². The molecule has 0 N–H and O–H groups in total. The van der Waals surface area contributed by atoms with Crippen molar-refractivity contribution in [1.29, 1.82) is 0 Å². The quantitative estimate of drug-likeness (QED) is 0.727. The molecule has 0 aliphatic carbocycles. The largest absolute Gasteiger partial charge is 0.243 e. The number of rotatable bonds is 3. The molecule has 0 fully saturated rings. The van der Waals surface area contributed by atoms with E-state index >= 15 is 0 Å². The van der Waals surface area contributed by atoms with Crippen molar-refractivity contribution in [2.45, 2.75) is 6.92 Å². The zero-order valence-electron chi connectivity index (χ0n) is 6.50. The van der Waals surface area contributed by atoms with Crippen molar-refractivity contribution in [2.75, 3.05) is 0 Å². The summed E-state index contributed by atoms with van der Waals surface area (Å²) in [5.41, 5.74) is 1.43. The van der Waals surface area contributed by atoms with Gasteiger partial charge in [0, 0.05) is 0 Å². The first-order chi connectivity index (χ1) is 5.66. The average molecular weight is 186 g/mol. The summed E-state index contributed by atoms with van der Waals surface area (Å²) in [6.45, 7) is 8.82. The fourth-order valence-electron chi connectivity index (χ4n) is 0.688.